The smallest absolute Gasteiger partial charge is 0.228 e. The van der Waals surface area contributed by atoms with Crippen LogP contribution in [0.3, 0.4) is 0 Å². The van der Waals surface area contributed by atoms with E-state index in [4.69, 9.17) is 4.74 Å². The number of hydrogen-bond acceptors (Lipinski definition) is 2. The van der Waals surface area contributed by atoms with Crippen LogP contribution in [0, 0.1) is 17.8 Å². The number of nitrogens with zero attached hydrogens (tertiary/aromatic N) is 1. The average Bonchev–Trinajstić information content (AvgIpc) is 2.54. The molecule has 0 spiro atoms. The zero-order valence-electron chi connectivity index (χ0n) is 12.0. The third kappa shape index (κ3) is 1.63. The molecule has 3 heteroatoms. The molecular formula is C15H25NO2. The molecule has 3 fully saturated rings. The van der Waals surface area contributed by atoms with Crippen molar-refractivity contribution < 1.29 is 9.53 Å². The average molecular weight is 251 g/mol. The van der Waals surface area contributed by atoms with Gasteiger partial charge in [0.2, 0.25) is 5.91 Å². The molecule has 3 nitrogen and oxygen atoms in total. The van der Waals surface area contributed by atoms with Crippen molar-refractivity contribution in [3.63, 3.8) is 0 Å². The van der Waals surface area contributed by atoms with E-state index in [1.807, 2.05) is 6.92 Å². The van der Waals surface area contributed by atoms with Gasteiger partial charge < -0.3 is 9.64 Å². The number of rotatable bonds is 0. The summed E-state index contributed by atoms with van der Waals surface area (Å²) in [6.07, 6.45) is 4.91. The zero-order valence-corrected chi connectivity index (χ0v) is 12.0. The van der Waals surface area contributed by atoms with Gasteiger partial charge in [0.15, 0.2) is 0 Å². The fraction of sp³-hybridized carbons (Fsp3) is 0.933. The molecule has 0 aromatic rings. The Hall–Kier alpha value is -0.570. The standard InChI is InChI=1S/C15H25NO2/c1-9-5-6-11-12(7-9)18-13-8-10(2)14(17)16(13)15(11,3)4/h9-13H,5-8H2,1-4H3/t9-,10+,11-,12-,13+/m1/s1. The van der Waals surface area contributed by atoms with Gasteiger partial charge in [-0.2, -0.15) is 0 Å². The van der Waals surface area contributed by atoms with Crippen molar-refractivity contribution in [3.8, 4) is 0 Å². The molecule has 0 unspecified atom stereocenters. The highest BCUT2D eigenvalue weighted by molar-refractivity contribution is 5.81. The third-order valence-electron chi connectivity index (χ3n) is 5.42. The molecule has 3 aliphatic rings. The molecule has 0 radical (unpaired) electrons. The summed E-state index contributed by atoms with van der Waals surface area (Å²) >= 11 is 0. The van der Waals surface area contributed by atoms with Crippen LogP contribution in [0.1, 0.15) is 53.4 Å². The second-order valence-electron chi connectivity index (χ2n) is 7.15. The van der Waals surface area contributed by atoms with Crippen LogP contribution < -0.4 is 0 Å². The summed E-state index contributed by atoms with van der Waals surface area (Å²) in [6.45, 7) is 8.84. The summed E-state index contributed by atoms with van der Waals surface area (Å²) in [5, 5.41) is 0. The van der Waals surface area contributed by atoms with E-state index >= 15 is 0 Å². The first kappa shape index (κ1) is 12.5. The maximum absolute atomic E-state index is 12.3. The minimum atomic E-state index is -0.0322. The molecule has 102 valence electrons. The monoisotopic (exact) mass is 251 g/mol. The normalized spacial score (nSPS) is 46.8. The highest BCUT2D eigenvalue weighted by atomic mass is 16.5. The van der Waals surface area contributed by atoms with Gasteiger partial charge in [-0.25, -0.2) is 0 Å². The SMILES string of the molecule is C[C@@H]1CC[C@@H]2[C@@H](C1)O[C@H]1C[C@H](C)C(=O)N1C2(C)C. The zero-order chi connectivity index (χ0) is 13.1. The Morgan fingerprint density at radius 1 is 1.22 bits per heavy atom. The molecular weight excluding hydrogens is 226 g/mol. The molecule has 0 aromatic carbocycles. The van der Waals surface area contributed by atoms with Gasteiger partial charge in [-0.05, 0) is 32.6 Å². The molecule has 3 rings (SSSR count). The molecule has 0 N–H and O–H groups in total. The van der Waals surface area contributed by atoms with E-state index in [1.54, 1.807) is 0 Å². The fourth-order valence-electron chi connectivity index (χ4n) is 4.33. The first-order chi connectivity index (χ1) is 8.41. The Morgan fingerprint density at radius 3 is 2.67 bits per heavy atom. The predicted octanol–water partition coefficient (Wildman–Crippen LogP) is 2.79. The van der Waals surface area contributed by atoms with Gasteiger partial charge in [-0.1, -0.05) is 20.3 Å². The van der Waals surface area contributed by atoms with Crippen LogP contribution in [0.15, 0.2) is 0 Å². The van der Waals surface area contributed by atoms with E-state index in [0.717, 1.165) is 12.3 Å². The van der Waals surface area contributed by atoms with Crippen LogP contribution in [0.5, 0.6) is 0 Å². The Bertz CT molecular complexity index is 366. The minimum Gasteiger partial charge on any atom is -0.355 e. The lowest BCUT2D eigenvalue weighted by Crippen LogP contribution is -2.63. The second kappa shape index (κ2) is 3.96. The van der Waals surface area contributed by atoms with Crippen LogP contribution in [-0.4, -0.2) is 28.7 Å². The molecule has 1 amide bonds. The van der Waals surface area contributed by atoms with E-state index in [2.05, 4.69) is 25.7 Å². The van der Waals surface area contributed by atoms with E-state index < -0.39 is 0 Å². The first-order valence-corrected chi connectivity index (χ1v) is 7.40. The van der Waals surface area contributed by atoms with Gasteiger partial charge in [-0.15, -0.1) is 0 Å². The summed E-state index contributed by atoms with van der Waals surface area (Å²) in [4.78, 5) is 14.4. The molecule has 1 aliphatic carbocycles. The van der Waals surface area contributed by atoms with Gasteiger partial charge in [-0.3, -0.25) is 4.79 Å². The Morgan fingerprint density at radius 2 is 1.94 bits per heavy atom. The molecule has 2 heterocycles. The predicted molar refractivity (Wildman–Crippen MR) is 69.9 cm³/mol. The number of amides is 1. The summed E-state index contributed by atoms with van der Waals surface area (Å²) in [5.74, 6) is 1.70. The molecule has 0 bridgehead atoms. The van der Waals surface area contributed by atoms with Gasteiger partial charge in [0.1, 0.15) is 6.23 Å². The number of hydrogen-bond donors (Lipinski definition) is 0. The lowest BCUT2D eigenvalue weighted by molar-refractivity contribution is -0.217. The van der Waals surface area contributed by atoms with E-state index in [0.29, 0.717) is 17.9 Å². The quantitative estimate of drug-likeness (QED) is 0.662. The third-order valence-corrected chi connectivity index (χ3v) is 5.42. The van der Waals surface area contributed by atoms with Gasteiger partial charge >= 0.3 is 0 Å². The lowest BCUT2D eigenvalue weighted by atomic mass is 9.70. The molecule has 5 atom stereocenters. The number of fused-ring (bicyclic) bond motifs is 2. The van der Waals surface area contributed by atoms with Crippen molar-refractivity contribution in [1.29, 1.82) is 0 Å². The fourth-order valence-corrected chi connectivity index (χ4v) is 4.33. The van der Waals surface area contributed by atoms with Crippen LogP contribution in [0.2, 0.25) is 0 Å². The summed E-state index contributed by atoms with van der Waals surface area (Å²) in [7, 11) is 0. The highest BCUT2D eigenvalue weighted by Gasteiger charge is 2.55. The van der Waals surface area contributed by atoms with Gasteiger partial charge in [0.25, 0.3) is 0 Å². The number of carbonyl (C=O) groups is 1. The molecule has 2 aliphatic heterocycles. The number of ether oxygens (including phenoxy) is 1. The Labute approximate surface area is 110 Å². The topological polar surface area (TPSA) is 29.5 Å². The Balaban J connectivity index is 1.91. The van der Waals surface area contributed by atoms with Crippen LogP contribution in [-0.2, 0) is 9.53 Å². The lowest BCUT2D eigenvalue weighted by Gasteiger charge is -2.55. The van der Waals surface area contributed by atoms with Crippen molar-refractivity contribution in [2.24, 2.45) is 17.8 Å². The van der Waals surface area contributed by atoms with E-state index in [-0.39, 0.29) is 17.7 Å². The van der Waals surface area contributed by atoms with E-state index in [1.165, 1.54) is 19.3 Å². The van der Waals surface area contributed by atoms with Crippen molar-refractivity contribution in [1.82, 2.24) is 4.90 Å². The highest BCUT2D eigenvalue weighted by Crippen LogP contribution is 2.48. The summed E-state index contributed by atoms with van der Waals surface area (Å²) in [6, 6.07) is 0. The maximum Gasteiger partial charge on any atom is 0.228 e. The molecule has 1 saturated carbocycles. The largest absolute Gasteiger partial charge is 0.355 e. The van der Waals surface area contributed by atoms with Gasteiger partial charge in [0.05, 0.1) is 6.10 Å². The van der Waals surface area contributed by atoms with Crippen LogP contribution in [0.25, 0.3) is 0 Å². The number of carbonyl (C=O) groups excluding carboxylic acids is 1. The van der Waals surface area contributed by atoms with Crippen LogP contribution in [0.4, 0.5) is 0 Å². The van der Waals surface area contributed by atoms with Crippen molar-refractivity contribution in [3.05, 3.63) is 0 Å². The summed E-state index contributed by atoms with van der Waals surface area (Å²) < 4.78 is 6.27. The maximum atomic E-state index is 12.3. The van der Waals surface area contributed by atoms with E-state index in [9.17, 15) is 4.79 Å². The first-order valence-electron chi connectivity index (χ1n) is 7.40. The van der Waals surface area contributed by atoms with Crippen molar-refractivity contribution in [2.75, 3.05) is 0 Å². The van der Waals surface area contributed by atoms with Crippen molar-refractivity contribution >= 4 is 5.91 Å². The van der Waals surface area contributed by atoms with Crippen molar-refractivity contribution in [2.45, 2.75) is 71.2 Å². The summed E-state index contributed by atoms with van der Waals surface area (Å²) in [5.41, 5.74) is -0.0322. The molecule has 18 heavy (non-hydrogen) atoms. The minimum absolute atomic E-state index is 0.0322. The van der Waals surface area contributed by atoms with Gasteiger partial charge in [0, 0.05) is 23.8 Å². The molecule has 2 saturated heterocycles. The second-order valence-corrected chi connectivity index (χ2v) is 7.15. The van der Waals surface area contributed by atoms with Crippen LogP contribution >= 0.6 is 0 Å². The molecule has 0 aromatic heterocycles. The Kier molecular flexibility index (Phi) is 2.74.